The van der Waals surface area contributed by atoms with Crippen LogP contribution in [0.2, 0.25) is 0 Å². The smallest absolute Gasteiger partial charge is 0.216 e. The maximum Gasteiger partial charge on any atom is 0.216 e. The minimum Gasteiger partial charge on any atom is -0.374 e. The van der Waals surface area contributed by atoms with Crippen LogP contribution in [0.5, 0.6) is 0 Å². The molecule has 1 unspecified atom stereocenters. The third-order valence-corrected chi connectivity index (χ3v) is 2.29. The van der Waals surface area contributed by atoms with Crippen LogP contribution in [0.15, 0.2) is 0 Å². The largest absolute Gasteiger partial charge is 0.374 e. The first-order valence-corrected chi connectivity index (χ1v) is 5.01. The van der Waals surface area contributed by atoms with Gasteiger partial charge in [-0.3, -0.25) is 9.69 Å². The van der Waals surface area contributed by atoms with Crippen molar-refractivity contribution in [3.05, 3.63) is 0 Å². The molecule has 0 saturated carbocycles. The summed E-state index contributed by atoms with van der Waals surface area (Å²) in [5, 5.41) is 2.77. The van der Waals surface area contributed by atoms with Crippen molar-refractivity contribution in [2.45, 2.75) is 13.0 Å². The molecule has 1 amide bonds. The van der Waals surface area contributed by atoms with E-state index in [1.165, 1.54) is 6.92 Å². The highest BCUT2D eigenvalue weighted by Crippen LogP contribution is 2.02. The molecule has 3 N–H and O–H groups in total. The number of carbonyl (C=O) groups excluding carboxylic acids is 1. The second-order valence-corrected chi connectivity index (χ2v) is 3.51. The van der Waals surface area contributed by atoms with E-state index in [-0.39, 0.29) is 12.0 Å². The lowest BCUT2D eigenvalue weighted by atomic mass is 10.2. The summed E-state index contributed by atoms with van der Waals surface area (Å²) in [4.78, 5) is 12.9. The zero-order valence-corrected chi connectivity index (χ0v) is 8.66. The van der Waals surface area contributed by atoms with E-state index >= 15 is 0 Å². The molecule has 1 rings (SSSR count). The van der Waals surface area contributed by atoms with E-state index < -0.39 is 0 Å². The lowest BCUT2D eigenvalue weighted by Gasteiger charge is -2.32. The summed E-state index contributed by atoms with van der Waals surface area (Å²) in [6.45, 7) is 6.21. The van der Waals surface area contributed by atoms with Gasteiger partial charge in [0.15, 0.2) is 0 Å². The van der Waals surface area contributed by atoms with Crippen LogP contribution in [-0.2, 0) is 9.53 Å². The van der Waals surface area contributed by atoms with Crippen LogP contribution < -0.4 is 11.1 Å². The third kappa shape index (κ3) is 4.04. The second-order valence-electron chi connectivity index (χ2n) is 3.51. The average Bonchev–Trinajstić information content (AvgIpc) is 2.18. The van der Waals surface area contributed by atoms with Crippen LogP contribution in [0, 0.1) is 0 Å². The Morgan fingerprint density at radius 3 is 3.14 bits per heavy atom. The van der Waals surface area contributed by atoms with Crippen molar-refractivity contribution in [2.75, 3.05) is 39.3 Å². The normalized spacial score (nSPS) is 23.4. The molecule has 0 radical (unpaired) electrons. The highest BCUT2D eigenvalue weighted by molar-refractivity contribution is 5.72. The first kappa shape index (κ1) is 11.4. The van der Waals surface area contributed by atoms with Crippen LogP contribution >= 0.6 is 0 Å². The van der Waals surface area contributed by atoms with Crippen molar-refractivity contribution in [3.63, 3.8) is 0 Å². The summed E-state index contributed by atoms with van der Waals surface area (Å²) in [5.41, 5.74) is 5.52. The van der Waals surface area contributed by atoms with Gasteiger partial charge in [-0.15, -0.1) is 0 Å². The summed E-state index contributed by atoms with van der Waals surface area (Å²) in [7, 11) is 0. The van der Waals surface area contributed by atoms with Gasteiger partial charge in [0.25, 0.3) is 0 Å². The monoisotopic (exact) mass is 201 g/mol. The van der Waals surface area contributed by atoms with Crippen molar-refractivity contribution in [2.24, 2.45) is 5.73 Å². The van der Waals surface area contributed by atoms with Gasteiger partial charge in [-0.05, 0) is 0 Å². The fourth-order valence-corrected chi connectivity index (χ4v) is 1.52. The zero-order valence-electron chi connectivity index (χ0n) is 8.66. The molecule has 1 fully saturated rings. The average molecular weight is 201 g/mol. The number of rotatable bonds is 4. The Morgan fingerprint density at radius 1 is 1.71 bits per heavy atom. The predicted octanol–water partition coefficient (Wildman–Crippen LogP) is -1.22. The molecule has 0 spiro atoms. The number of hydrogen-bond donors (Lipinski definition) is 2. The van der Waals surface area contributed by atoms with E-state index in [2.05, 4.69) is 10.2 Å². The van der Waals surface area contributed by atoms with Gasteiger partial charge in [-0.2, -0.15) is 0 Å². The van der Waals surface area contributed by atoms with Crippen LogP contribution in [0.25, 0.3) is 0 Å². The molecule has 0 aromatic heterocycles. The minimum absolute atomic E-state index is 0.0219. The molecule has 1 heterocycles. The van der Waals surface area contributed by atoms with Crippen molar-refractivity contribution < 1.29 is 9.53 Å². The van der Waals surface area contributed by atoms with Gasteiger partial charge in [0, 0.05) is 39.6 Å². The Labute approximate surface area is 84.6 Å². The van der Waals surface area contributed by atoms with Crippen molar-refractivity contribution in [1.29, 1.82) is 0 Å². The maximum absolute atomic E-state index is 10.6. The van der Waals surface area contributed by atoms with Gasteiger partial charge in [-0.25, -0.2) is 0 Å². The molecule has 1 aliphatic heterocycles. The highest BCUT2D eigenvalue weighted by atomic mass is 16.5. The number of nitrogens with one attached hydrogen (secondary N) is 1. The zero-order chi connectivity index (χ0) is 10.4. The molecular weight excluding hydrogens is 182 g/mol. The van der Waals surface area contributed by atoms with Gasteiger partial charge < -0.3 is 15.8 Å². The second kappa shape index (κ2) is 5.95. The van der Waals surface area contributed by atoms with E-state index in [1.54, 1.807) is 0 Å². The number of nitrogens with zero attached hydrogens (tertiary/aromatic N) is 1. The van der Waals surface area contributed by atoms with Crippen LogP contribution in [0.1, 0.15) is 6.92 Å². The Bertz CT molecular complexity index is 187. The summed E-state index contributed by atoms with van der Waals surface area (Å²) in [6.07, 6.45) is 0.154. The quantitative estimate of drug-likeness (QED) is 0.598. The van der Waals surface area contributed by atoms with Crippen molar-refractivity contribution in [1.82, 2.24) is 10.2 Å². The van der Waals surface area contributed by atoms with Crippen LogP contribution in [0.4, 0.5) is 0 Å². The Balaban J connectivity index is 2.14. The van der Waals surface area contributed by atoms with E-state index in [0.717, 1.165) is 26.2 Å². The highest BCUT2D eigenvalue weighted by Gasteiger charge is 2.18. The first-order chi connectivity index (χ1) is 6.72. The molecule has 14 heavy (non-hydrogen) atoms. The fourth-order valence-electron chi connectivity index (χ4n) is 1.52. The molecule has 0 aromatic carbocycles. The molecule has 0 aromatic rings. The van der Waals surface area contributed by atoms with Gasteiger partial charge in [0.05, 0.1) is 12.7 Å². The SMILES string of the molecule is CC(=O)NCCN1CCOC(CN)C1. The Kier molecular flexibility index (Phi) is 4.86. The Hall–Kier alpha value is -0.650. The summed E-state index contributed by atoms with van der Waals surface area (Å²) >= 11 is 0. The van der Waals surface area contributed by atoms with E-state index in [0.29, 0.717) is 13.1 Å². The van der Waals surface area contributed by atoms with E-state index in [4.69, 9.17) is 10.5 Å². The van der Waals surface area contributed by atoms with Crippen LogP contribution in [0.3, 0.4) is 0 Å². The molecule has 1 atom stereocenters. The number of carbonyl (C=O) groups is 1. The maximum atomic E-state index is 10.6. The third-order valence-electron chi connectivity index (χ3n) is 2.29. The van der Waals surface area contributed by atoms with Gasteiger partial charge >= 0.3 is 0 Å². The molecule has 82 valence electrons. The number of hydrogen-bond acceptors (Lipinski definition) is 4. The molecule has 1 aliphatic rings. The molecule has 5 heteroatoms. The Morgan fingerprint density at radius 2 is 2.50 bits per heavy atom. The van der Waals surface area contributed by atoms with Crippen molar-refractivity contribution >= 4 is 5.91 Å². The van der Waals surface area contributed by atoms with Crippen molar-refractivity contribution in [3.8, 4) is 0 Å². The van der Waals surface area contributed by atoms with Gasteiger partial charge in [-0.1, -0.05) is 0 Å². The summed E-state index contributed by atoms with van der Waals surface area (Å²) < 4.78 is 5.43. The topological polar surface area (TPSA) is 67.6 Å². The number of nitrogens with two attached hydrogens (primary N) is 1. The number of morpholine rings is 1. The minimum atomic E-state index is 0.0219. The summed E-state index contributed by atoms with van der Waals surface area (Å²) in [5.74, 6) is 0.0219. The molecule has 0 bridgehead atoms. The van der Waals surface area contributed by atoms with E-state index in [1.807, 2.05) is 0 Å². The molecule has 0 aliphatic carbocycles. The van der Waals surface area contributed by atoms with E-state index in [9.17, 15) is 4.79 Å². The summed E-state index contributed by atoms with van der Waals surface area (Å²) in [6, 6.07) is 0. The molecular formula is C9H19N3O2. The van der Waals surface area contributed by atoms with Crippen LogP contribution in [-0.4, -0.2) is 56.2 Å². The predicted molar refractivity (Wildman–Crippen MR) is 53.9 cm³/mol. The lowest BCUT2D eigenvalue weighted by molar-refractivity contribution is -0.119. The molecule has 1 saturated heterocycles. The lowest BCUT2D eigenvalue weighted by Crippen LogP contribution is -2.47. The standard InChI is InChI=1S/C9H19N3O2/c1-8(13)11-2-3-12-4-5-14-9(6-10)7-12/h9H,2-7,10H2,1H3,(H,11,13). The number of amides is 1. The number of ether oxygens (including phenoxy) is 1. The molecule has 5 nitrogen and oxygen atoms in total. The fraction of sp³-hybridized carbons (Fsp3) is 0.889. The van der Waals surface area contributed by atoms with Gasteiger partial charge in [0.2, 0.25) is 5.91 Å². The van der Waals surface area contributed by atoms with Gasteiger partial charge in [0.1, 0.15) is 0 Å². The first-order valence-electron chi connectivity index (χ1n) is 5.01.